The van der Waals surface area contributed by atoms with E-state index < -0.39 is 0 Å². The number of anilines is 3. The highest BCUT2D eigenvalue weighted by molar-refractivity contribution is 9.10. The topological polar surface area (TPSA) is 85.5 Å². The minimum absolute atomic E-state index is 0.220. The van der Waals surface area contributed by atoms with Gasteiger partial charge >= 0.3 is 0 Å². The van der Waals surface area contributed by atoms with Crippen LogP contribution in [0.3, 0.4) is 0 Å². The summed E-state index contributed by atoms with van der Waals surface area (Å²) in [6.07, 6.45) is 7.91. The van der Waals surface area contributed by atoms with Crippen molar-refractivity contribution in [2.24, 2.45) is 0 Å². The third kappa shape index (κ3) is 3.05. The van der Waals surface area contributed by atoms with Gasteiger partial charge < -0.3 is 10.6 Å². The minimum atomic E-state index is -0.300. The maximum Gasteiger partial charge on any atom is 0.229 e. The lowest BCUT2D eigenvalue weighted by atomic mass is 9.87. The van der Waals surface area contributed by atoms with Gasteiger partial charge in [-0.05, 0) is 35.7 Å². The van der Waals surface area contributed by atoms with E-state index in [1.807, 2.05) is 11.6 Å². The molecule has 0 unspecified atom stereocenters. The average molecular weight is 421 g/mol. The average Bonchev–Trinajstić information content (AvgIpc) is 3.16. The highest BCUT2D eigenvalue weighted by atomic mass is 79.9. The number of halogens is 2. The molecule has 26 heavy (non-hydrogen) atoms. The quantitative estimate of drug-likeness (QED) is 0.657. The van der Waals surface area contributed by atoms with Gasteiger partial charge in [-0.15, -0.1) is 0 Å². The number of nitrogens with zero attached hydrogens (tertiary/aromatic N) is 6. The summed E-state index contributed by atoms with van der Waals surface area (Å²) in [4.78, 5) is 8.68. The molecule has 1 saturated carbocycles. The Hall–Kier alpha value is -2.49. The summed E-state index contributed by atoms with van der Waals surface area (Å²) in [5.41, 5.74) is 1.88. The second kappa shape index (κ2) is 6.67. The zero-order valence-corrected chi connectivity index (χ0v) is 15.9. The van der Waals surface area contributed by atoms with Crippen LogP contribution in [0.4, 0.5) is 21.8 Å². The molecule has 1 fully saturated rings. The van der Waals surface area contributed by atoms with Crippen molar-refractivity contribution in [2.45, 2.75) is 31.8 Å². The highest BCUT2D eigenvalue weighted by Crippen LogP contribution is 2.42. The monoisotopic (exact) mass is 420 g/mol. The van der Waals surface area contributed by atoms with Crippen molar-refractivity contribution in [3.05, 3.63) is 40.8 Å². The van der Waals surface area contributed by atoms with Gasteiger partial charge in [0.2, 0.25) is 5.95 Å². The standard InChI is InChI=1S/C16H18BrFN8/c1-9-14(23-16-20-6-13(17)15(19-2)24-16)7-22-26(9)12-3-11(4-12)25-8-10(18)5-21-25/h5-8,11-12H,3-4H2,1-2H3,(H2,19,20,23,24)/t11-,12-. The molecule has 1 aliphatic carbocycles. The van der Waals surface area contributed by atoms with E-state index in [9.17, 15) is 4.39 Å². The first-order valence-corrected chi connectivity index (χ1v) is 9.05. The van der Waals surface area contributed by atoms with Gasteiger partial charge in [0.05, 0.1) is 46.5 Å². The molecule has 0 saturated heterocycles. The molecule has 10 heteroatoms. The van der Waals surface area contributed by atoms with E-state index in [2.05, 4.69) is 46.7 Å². The summed E-state index contributed by atoms with van der Waals surface area (Å²) in [5.74, 6) is 0.908. The lowest BCUT2D eigenvalue weighted by Crippen LogP contribution is -2.30. The van der Waals surface area contributed by atoms with E-state index in [-0.39, 0.29) is 17.9 Å². The summed E-state index contributed by atoms with van der Waals surface area (Å²) in [6, 6.07) is 0.499. The molecule has 1 aliphatic rings. The third-order valence-corrected chi connectivity index (χ3v) is 5.23. The Balaban J connectivity index is 1.46. The molecule has 0 amide bonds. The molecule has 0 atom stereocenters. The van der Waals surface area contributed by atoms with Gasteiger partial charge in [-0.3, -0.25) is 9.36 Å². The summed E-state index contributed by atoms with van der Waals surface area (Å²) in [7, 11) is 1.80. The zero-order valence-electron chi connectivity index (χ0n) is 14.3. The smallest absolute Gasteiger partial charge is 0.229 e. The van der Waals surface area contributed by atoms with Gasteiger partial charge in [0, 0.05) is 13.2 Å². The number of hydrogen-bond acceptors (Lipinski definition) is 6. The van der Waals surface area contributed by atoms with Crippen molar-refractivity contribution in [1.29, 1.82) is 0 Å². The van der Waals surface area contributed by atoms with Crippen molar-refractivity contribution >= 4 is 33.4 Å². The largest absolute Gasteiger partial charge is 0.372 e. The van der Waals surface area contributed by atoms with Crippen molar-refractivity contribution in [1.82, 2.24) is 29.5 Å². The van der Waals surface area contributed by atoms with Crippen LogP contribution in [0.25, 0.3) is 0 Å². The molecule has 0 aromatic carbocycles. The molecule has 0 spiro atoms. The molecule has 3 heterocycles. The van der Waals surface area contributed by atoms with Crippen LogP contribution in [-0.4, -0.2) is 36.6 Å². The van der Waals surface area contributed by atoms with Gasteiger partial charge in [-0.25, -0.2) is 9.37 Å². The van der Waals surface area contributed by atoms with Crippen LogP contribution in [0, 0.1) is 12.7 Å². The Bertz CT molecular complexity index is 930. The van der Waals surface area contributed by atoms with Crippen LogP contribution in [0.2, 0.25) is 0 Å². The van der Waals surface area contributed by atoms with E-state index in [0.717, 1.165) is 28.7 Å². The van der Waals surface area contributed by atoms with Crippen LogP contribution in [0.15, 0.2) is 29.3 Å². The Morgan fingerprint density at radius 3 is 2.69 bits per heavy atom. The van der Waals surface area contributed by atoms with E-state index >= 15 is 0 Å². The normalized spacial score (nSPS) is 19.2. The van der Waals surface area contributed by atoms with Crippen molar-refractivity contribution in [3.63, 3.8) is 0 Å². The Labute approximate surface area is 158 Å². The maximum atomic E-state index is 13.1. The molecule has 3 aromatic rings. The van der Waals surface area contributed by atoms with Gasteiger partial charge in [-0.1, -0.05) is 0 Å². The molecule has 0 bridgehead atoms. The molecule has 3 aromatic heterocycles. The van der Waals surface area contributed by atoms with Crippen LogP contribution < -0.4 is 10.6 Å². The third-order valence-electron chi connectivity index (χ3n) is 4.65. The highest BCUT2D eigenvalue weighted by Gasteiger charge is 2.34. The van der Waals surface area contributed by atoms with Crippen molar-refractivity contribution in [2.75, 3.05) is 17.7 Å². The lowest BCUT2D eigenvalue weighted by molar-refractivity contribution is 0.173. The summed E-state index contributed by atoms with van der Waals surface area (Å²) >= 11 is 3.39. The second-order valence-electron chi connectivity index (χ2n) is 6.27. The SMILES string of the molecule is CNc1nc(Nc2cnn([C@H]3C[C@H](n4cc(F)cn4)C3)c2C)ncc1Br. The first kappa shape index (κ1) is 17.0. The number of rotatable bonds is 5. The first-order valence-electron chi connectivity index (χ1n) is 8.26. The van der Waals surface area contributed by atoms with E-state index in [1.165, 1.54) is 12.4 Å². The molecule has 136 valence electrons. The van der Waals surface area contributed by atoms with Crippen molar-refractivity contribution < 1.29 is 4.39 Å². The minimum Gasteiger partial charge on any atom is -0.372 e. The van der Waals surface area contributed by atoms with E-state index in [0.29, 0.717) is 11.8 Å². The summed E-state index contributed by atoms with van der Waals surface area (Å²) < 4.78 is 17.6. The Kier molecular flexibility index (Phi) is 4.35. The Morgan fingerprint density at radius 1 is 1.19 bits per heavy atom. The van der Waals surface area contributed by atoms with Gasteiger partial charge in [0.1, 0.15) is 5.82 Å². The first-order chi connectivity index (χ1) is 12.5. The fourth-order valence-electron chi connectivity index (χ4n) is 3.13. The van der Waals surface area contributed by atoms with Crippen LogP contribution in [0.1, 0.15) is 30.6 Å². The van der Waals surface area contributed by atoms with Gasteiger partial charge in [0.25, 0.3) is 0 Å². The predicted octanol–water partition coefficient (Wildman–Crippen LogP) is 3.44. The number of hydrogen-bond donors (Lipinski definition) is 2. The maximum absolute atomic E-state index is 13.1. The fraction of sp³-hybridized carbons (Fsp3) is 0.375. The van der Waals surface area contributed by atoms with E-state index in [1.54, 1.807) is 24.1 Å². The van der Waals surface area contributed by atoms with Gasteiger partial charge in [-0.2, -0.15) is 15.2 Å². The van der Waals surface area contributed by atoms with Crippen molar-refractivity contribution in [3.8, 4) is 0 Å². The Morgan fingerprint density at radius 2 is 2.00 bits per heavy atom. The molecule has 4 rings (SSSR count). The summed E-state index contributed by atoms with van der Waals surface area (Å²) in [6.45, 7) is 2.01. The second-order valence-corrected chi connectivity index (χ2v) is 7.13. The lowest BCUT2D eigenvalue weighted by Gasteiger charge is -2.36. The summed E-state index contributed by atoms with van der Waals surface area (Å²) in [5, 5.41) is 14.8. The molecular weight excluding hydrogens is 403 g/mol. The molecule has 0 radical (unpaired) electrons. The van der Waals surface area contributed by atoms with Crippen LogP contribution >= 0.6 is 15.9 Å². The predicted molar refractivity (Wildman–Crippen MR) is 99.0 cm³/mol. The molecular formula is C16H18BrFN8. The van der Waals surface area contributed by atoms with Gasteiger partial charge in [0.15, 0.2) is 5.82 Å². The van der Waals surface area contributed by atoms with E-state index in [4.69, 9.17) is 0 Å². The van der Waals surface area contributed by atoms with Crippen LogP contribution in [-0.2, 0) is 0 Å². The fourth-order valence-corrected chi connectivity index (χ4v) is 3.52. The molecule has 2 N–H and O–H groups in total. The molecule has 8 nitrogen and oxygen atoms in total. The number of nitrogens with one attached hydrogen (secondary N) is 2. The number of aromatic nitrogens is 6. The zero-order chi connectivity index (χ0) is 18.3. The molecule has 0 aliphatic heterocycles. The van der Waals surface area contributed by atoms with Crippen LogP contribution in [0.5, 0.6) is 0 Å².